The van der Waals surface area contributed by atoms with Gasteiger partial charge >= 0.3 is 6.18 Å². The van der Waals surface area contributed by atoms with Gasteiger partial charge in [0.1, 0.15) is 11.9 Å². The van der Waals surface area contributed by atoms with Gasteiger partial charge in [-0.3, -0.25) is 19.7 Å². The van der Waals surface area contributed by atoms with Crippen LogP contribution in [0.2, 0.25) is 5.02 Å². The highest BCUT2D eigenvalue weighted by Crippen LogP contribution is 2.39. The van der Waals surface area contributed by atoms with Crippen molar-refractivity contribution in [1.29, 1.82) is 0 Å². The lowest BCUT2D eigenvalue weighted by Crippen LogP contribution is -2.63. The molecule has 2 amide bonds. The molecule has 1 aliphatic carbocycles. The van der Waals surface area contributed by atoms with Crippen molar-refractivity contribution in [1.82, 2.24) is 14.9 Å². The Morgan fingerprint density at radius 1 is 1.18 bits per heavy atom. The van der Waals surface area contributed by atoms with Crippen molar-refractivity contribution >= 4 is 39.1 Å². The number of carbonyl (C=O) groups is 2. The molecular weight excluding hydrogens is 584 g/mol. The van der Waals surface area contributed by atoms with Crippen molar-refractivity contribution < 1.29 is 40.5 Å². The van der Waals surface area contributed by atoms with E-state index in [0.717, 1.165) is 30.3 Å². The summed E-state index contributed by atoms with van der Waals surface area (Å²) >= 11 is 6.22. The average molecular weight is 607 g/mol. The second kappa shape index (κ2) is 11.3. The van der Waals surface area contributed by atoms with Crippen molar-refractivity contribution in [2.24, 2.45) is 5.92 Å². The quantitative estimate of drug-likeness (QED) is 0.291. The molecule has 2 N–H and O–H groups in total. The predicted octanol–water partition coefficient (Wildman–Crippen LogP) is 3.86. The fraction of sp³-hybridized carbons (Fsp3) is 0.417. The van der Waals surface area contributed by atoms with E-state index in [0.29, 0.717) is 4.31 Å². The normalized spacial score (nSPS) is 24.3. The number of nitro groups is 1. The Balaban J connectivity index is 1.80. The van der Waals surface area contributed by atoms with E-state index in [-0.39, 0.29) is 29.8 Å². The van der Waals surface area contributed by atoms with Crippen molar-refractivity contribution in [3.05, 3.63) is 69.0 Å². The number of hydrogen-bond acceptors (Lipinski definition) is 6. The van der Waals surface area contributed by atoms with Crippen molar-refractivity contribution in [2.75, 3.05) is 6.54 Å². The Bertz CT molecular complexity index is 1440. The number of nitro benzene ring substituents is 1. The molecule has 1 saturated heterocycles. The van der Waals surface area contributed by atoms with E-state index in [1.807, 2.05) is 0 Å². The number of rotatable bonds is 6. The molecule has 2 aliphatic rings. The van der Waals surface area contributed by atoms with E-state index in [2.05, 4.69) is 10.6 Å². The minimum Gasteiger partial charge on any atom is -0.352 e. The summed E-state index contributed by atoms with van der Waals surface area (Å²) in [4.78, 5) is 36.2. The Hall–Kier alpha value is -3.30. The molecule has 0 bridgehead atoms. The summed E-state index contributed by atoms with van der Waals surface area (Å²) in [5, 5.41) is 16.3. The van der Waals surface area contributed by atoms with Gasteiger partial charge in [-0.15, -0.1) is 0 Å². The van der Waals surface area contributed by atoms with Gasteiger partial charge < -0.3 is 10.6 Å². The predicted molar refractivity (Wildman–Crippen MR) is 133 cm³/mol. The summed E-state index contributed by atoms with van der Waals surface area (Å²) in [5.74, 6) is -4.52. The molecule has 1 saturated carbocycles. The fourth-order valence-electron chi connectivity index (χ4n) is 5.08. The van der Waals surface area contributed by atoms with Gasteiger partial charge in [-0.2, -0.15) is 17.5 Å². The summed E-state index contributed by atoms with van der Waals surface area (Å²) in [5.41, 5.74) is -0.997. The molecule has 4 rings (SSSR count). The molecule has 0 aromatic heterocycles. The molecule has 4 atom stereocenters. The van der Waals surface area contributed by atoms with E-state index >= 15 is 0 Å². The van der Waals surface area contributed by atoms with Crippen LogP contribution in [0.15, 0.2) is 47.4 Å². The highest BCUT2D eigenvalue weighted by Gasteiger charge is 2.49. The molecule has 40 heavy (non-hydrogen) atoms. The van der Waals surface area contributed by atoms with Crippen LogP contribution in [0.4, 0.5) is 23.2 Å². The molecule has 1 heterocycles. The highest BCUT2D eigenvalue weighted by atomic mass is 35.5. The second-order valence-corrected chi connectivity index (χ2v) is 11.8. The zero-order chi connectivity index (χ0) is 29.4. The third-order valence-electron chi connectivity index (χ3n) is 6.94. The number of hydrogen-bond donors (Lipinski definition) is 2. The number of nitrogens with one attached hydrogen (secondary N) is 2. The number of nitrogens with zero attached hydrogens (tertiary/aromatic N) is 2. The Morgan fingerprint density at radius 2 is 1.88 bits per heavy atom. The van der Waals surface area contributed by atoms with E-state index in [9.17, 15) is 45.7 Å². The van der Waals surface area contributed by atoms with Crippen LogP contribution in [0, 0.1) is 21.8 Å². The lowest BCUT2D eigenvalue weighted by molar-refractivity contribution is -0.387. The van der Waals surface area contributed by atoms with Gasteiger partial charge in [0.05, 0.1) is 23.4 Å². The molecule has 2 aromatic carbocycles. The Morgan fingerprint density at radius 3 is 2.55 bits per heavy atom. The largest absolute Gasteiger partial charge is 0.391 e. The molecule has 10 nitrogen and oxygen atoms in total. The van der Waals surface area contributed by atoms with Gasteiger partial charge in [-0.1, -0.05) is 30.2 Å². The van der Waals surface area contributed by atoms with Crippen LogP contribution >= 0.6 is 11.6 Å². The summed E-state index contributed by atoms with van der Waals surface area (Å²) in [6.07, 6.45) is -4.75. The van der Waals surface area contributed by atoms with Gasteiger partial charge in [0.2, 0.25) is 11.8 Å². The maximum absolute atomic E-state index is 14.2. The first-order chi connectivity index (χ1) is 18.7. The summed E-state index contributed by atoms with van der Waals surface area (Å²) in [6, 6.07) is 2.83. The van der Waals surface area contributed by atoms with E-state index in [4.69, 9.17) is 11.6 Å². The molecular formula is C24H23ClF4N4O6S. The molecule has 2 fully saturated rings. The maximum Gasteiger partial charge on any atom is 0.391 e. The van der Waals surface area contributed by atoms with Crippen LogP contribution in [0.5, 0.6) is 0 Å². The number of halogens is 5. The lowest BCUT2D eigenvalue weighted by atomic mass is 9.85. The zero-order valence-corrected chi connectivity index (χ0v) is 22.1. The number of carbonyl (C=O) groups excluding carboxylic acids is 2. The number of sulfonamides is 1. The minimum atomic E-state index is -4.95. The molecule has 216 valence electrons. The smallest absolute Gasteiger partial charge is 0.352 e. The first kappa shape index (κ1) is 29.7. The molecule has 16 heteroatoms. The third-order valence-corrected chi connectivity index (χ3v) is 9.15. The first-order valence-corrected chi connectivity index (χ1v) is 13.9. The van der Waals surface area contributed by atoms with Crippen molar-refractivity contribution in [3.8, 4) is 0 Å². The molecule has 1 aliphatic heterocycles. The molecule has 4 unspecified atom stereocenters. The van der Waals surface area contributed by atoms with Crippen molar-refractivity contribution in [2.45, 2.75) is 54.9 Å². The van der Waals surface area contributed by atoms with Crippen LogP contribution in [-0.2, 0) is 19.6 Å². The average Bonchev–Trinajstić information content (AvgIpc) is 2.89. The van der Waals surface area contributed by atoms with E-state index < -0.39 is 86.3 Å². The number of para-hydroxylation sites is 1. The van der Waals surface area contributed by atoms with Crippen LogP contribution in [0.25, 0.3) is 0 Å². The van der Waals surface area contributed by atoms with Crippen molar-refractivity contribution in [3.63, 3.8) is 0 Å². The fourth-order valence-corrected chi connectivity index (χ4v) is 7.03. The standard InChI is InChI=1S/C24H23ClF4N4O6S/c25-17-9-8-14(26)11-16(17)21-22(23(35)30-15-5-3-4-13(10-15)24(27,28)29)32(12-20(34)31-21)40(38,39)19-7-2-1-6-18(19)33(36)37/h1-2,6-9,11,13,15,21-22H,3-5,10,12H2,(H,30,35)(H,31,34). The van der Waals surface area contributed by atoms with Gasteiger partial charge in [-0.05, 0) is 49.1 Å². The third kappa shape index (κ3) is 6.05. The van der Waals surface area contributed by atoms with Gasteiger partial charge in [0, 0.05) is 17.1 Å². The SMILES string of the molecule is O=C1CN(S(=O)(=O)c2ccccc2[N+](=O)[O-])C(C(=O)NC2CCCC(C(F)(F)F)C2)C(c2cc(F)ccc2Cl)N1. The monoisotopic (exact) mass is 606 g/mol. The van der Waals surface area contributed by atoms with Crippen LogP contribution in [0.1, 0.15) is 37.3 Å². The second-order valence-electron chi connectivity index (χ2n) is 9.54. The van der Waals surface area contributed by atoms with Gasteiger partial charge in [-0.25, -0.2) is 12.8 Å². The van der Waals surface area contributed by atoms with Gasteiger partial charge in [0.25, 0.3) is 15.7 Å². The van der Waals surface area contributed by atoms with E-state index in [1.54, 1.807) is 0 Å². The van der Waals surface area contributed by atoms with Crippen LogP contribution in [-0.4, -0.2) is 54.3 Å². The highest BCUT2D eigenvalue weighted by molar-refractivity contribution is 7.89. The summed E-state index contributed by atoms with van der Waals surface area (Å²) < 4.78 is 82.3. The molecule has 0 radical (unpaired) electrons. The summed E-state index contributed by atoms with van der Waals surface area (Å²) in [7, 11) is -4.95. The maximum atomic E-state index is 14.2. The number of piperazine rings is 1. The minimum absolute atomic E-state index is 0.130. The van der Waals surface area contributed by atoms with Gasteiger partial charge in [0.15, 0.2) is 4.90 Å². The Kier molecular flexibility index (Phi) is 8.38. The molecule has 0 spiro atoms. The summed E-state index contributed by atoms with van der Waals surface area (Å²) in [6.45, 7) is -0.953. The number of benzene rings is 2. The number of amides is 2. The Labute approximate surface area is 230 Å². The topological polar surface area (TPSA) is 139 Å². The first-order valence-electron chi connectivity index (χ1n) is 12.1. The van der Waals surface area contributed by atoms with E-state index in [1.165, 1.54) is 12.1 Å². The lowest BCUT2D eigenvalue weighted by Gasteiger charge is -2.41. The number of alkyl halides is 3. The van der Waals surface area contributed by atoms with Crippen LogP contribution < -0.4 is 10.6 Å². The zero-order valence-electron chi connectivity index (χ0n) is 20.5. The molecule has 2 aromatic rings. The van der Waals surface area contributed by atoms with Crippen LogP contribution in [0.3, 0.4) is 0 Å².